The molecule has 0 unspecified atom stereocenters. The van der Waals surface area contributed by atoms with E-state index >= 15 is 0 Å². The number of aryl methyl sites for hydroxylation is 2. The van der Waals surface area contributed by atoms with Crippen LogP contribution in [0, 0.1) is 0 Å². The summed E-state index contributed by atoms with van der Waals surface area (Å²) in [6, 6.07) is 14.0. The minimum Gasteiger partial charge on any atom is -0.378 e. The first-order valence-electron chi connectivity index (χ1n) is 8.49. The van der Waals surface area contributed by atoms with E-state index in [2.05, 4.69) is 28.8 Å². The fraction of sp³-hybridized carbons (Fsp3) is 0.350. The van der Waals surface area contributed by atoms with Crippen LogP contribution in [0.25, 0.3) is 0 Å². The molecule has 0 saturated carbocycles. The van der Waals surface area contributed by atoms with Crippen LogP contribution in [-0.2, 0) is 17.6 Å². The maximum absolute atomic E-state index is 12.4. The average molecular weight is 323 g/mol. The highest BCUT2D eigenvalue weighted by Crippen LogP contribution is 2.25. The molecule has 0 fully saturated rings. The fourth-order valence-electron chi connectivity index (χ4n) is 3.07. The predicted molar refractivity (Wildman–Crippen MR) is 101 cm³/mol. The van der Waals surface area contributed by atoms with Gasteiger partial charge in [-0.1, -0.05) is 6.07 Å². The number of carbonyl (C=O) groups excluding carboxylic acids is 1. The Morgan fingerprint density at radius 1 is 1.00 bits per heavy atom. The van der Waals surface area contributed by atoms with E-state index in [0.717, 1.165) is 23.5 Å². The molecule has 1 atom stereocenters. The third-order valence-corrected chi connectivity index (χ3v) is 4.53. The first-order chi connectivity index (χ1) is 11.5. The zero-order valence-electron chi connectivity index (χ0n) is 14.6. The summed E-state index contributed by atoms with van der Waals surface area (Å²) in [7, 11) is 3.99. The highest BCUT2D eigenvalue weighted by Gasteiger charge is 2.15. The maximum atomic E-state index is 12.4. The second-order valence-corrected chi connectivity index (χ2v) is 6.63. The van der Waals surface area contributed by atoms with Crippen molar-refractivity contribution in [3.63, 3.8) is 0 Å². The van der Waals surface area contributed by atoms with E-state index in [-0.39, 0.29) is 11.9 Å². The molecule has 2 aromatic rings. The van der Waals surface area contributed by atoms with Crippen molar-refractivity contribution in [2.45, 2.75) is 32.2 Å². The van der Waals surface area contributed by atoms with Crippen LogP contribution in [-0.4, -0.2) is 26.0 Å². The maximum Gasteiger partial charge on any atom is 0.246 e. The quantitative estimate of drug-likeness (QED) is 0.882. The number of amides is 1. The Hall–Kier alpha value is -2.49. The highest BCUT2D eigenvalue weighted by atomic mass is 16.2. The summed E-state index contributed by atoms with van der Waals surface area (Å²) in [5, 5.41) is 6.26. The fourth-order valence-corrected chi connectivity index (χ4v) is 3.07. The SMILES string of the molecule is C[C@@H](Nc1ccc2c(c1)CCC2)C(=O)Nc1ccc(N(C)C)cc1. The lowest BCUT2D eigenvalue weighted by molar-refractivity contribution is -0.116. The first kappa shape index (κ1) is 16.4. The summed E-state index contributed by atoms with van der Waals surface area (Å²) in [6.07, 6.45) is 3.55. The predicted octanol–water partition coefficient (Wildman–Crippen LogP) is 3.68. The summed E-state index contributed by atoms with van der Waals surface area (Å²) in [4.78, 5) is 14.4. The third-order valence-electron chi connectivity index (χ3n) is 4.53. The van der Waals surface area contributed by atoms with E-state index in [0.29, 0.717) is 0 Å². The molecular weight excluding hydrogens is 298 g/mol. The van der Waals surface area contributed by atoms with Crippen molar-refractivity contribution < 1.29 is 4.79 Å². The van der Waals surface area contributed by atoms with E-state index in [1.807, 2.05) is 50.2 Å². The molecule has 0 bridgehead atoms. The van der Waals surface area contributed by atoms with E-state index in [1.165, 1.54) is 24.0 Å². The number of benzene rings is 2. The molecule has 4 nitrogen and oxygen atoms in total. The van der Waals surface area contributed by atoms with Crippen molar-refractivity contribution in [1.82, 2.24) is 0 Å². The van der Waals surface area contributed by atoms with Gasteiger partial charge in [0.15, 0.2) is 0 Å². The number of nitrogens with zero attached hydrogens (tertiary/aromatic N) is 1. The molecule has 4 heteroatoms. The summed E-state index contributed by atoms with van der Waals surface area (Å²) >= 11 is 0. The molecular formula is C20H25N3O. The van der Waals surface area contributed by atoms with E-state index in [9.17, 15) is 4.79 Å². The number of anilines is 3. The van der Waals surface area contributed by atoms with Gasteiger partial charge in [0, 0.05) is 31.2 Å². The van der Waals surface area contributed by atoms with E-state index < -0.39 is 0 Å². The Kier molecular flexibility index (Phi) is 4.74. The Labute approximate surface area is 143 Å². The number of fused-ring (bicyclic) bond motifs is 1. The number of nitrogens with one attached hydrogen (secondary N) is 2. The number of rotatable bonds is 5. The van der Waals surface area contributed by atoms with Crippen LogP contribution in [0.3, 0.4) is 0 Å². The standard InChI is InChI=1S/C20H25N3O/c1-14(21-18-8-7-15-5-4-6-16(15)13-18)20(24)22-17-9-11-19(12-10-17)23(2)3/h7-14,21H,4-6H2,1-3H3,(H,22,24)/t14-/m1/s1. The van der Waals surface area contributed by atoms with E-state index in [4.69, 9.17) is 0 Å². The molecule has 0 saturated heterocycles. The van der Waals surface area contributed by atoms with Gasteiger partial charge < -0.3 is 15.5 Å². The van der Waals surface area contributed by atoms with Gasteiger partial charge in [-0.05, 0) is 73.7 Å². The van der Waals surface area contributed by atoms with Gasteiger partial charge in [-0.3, -0.25) is 4.79 Å². The molecule has 0 heterocycles. The van der Waals surface area contributed by atoms with Crippen LogP contribution in [0.1, 0.15) is 24.5 Å². The average Bonchev–Trinajstić information content (AvgIpc) is 3.03. The largest absolute Gasteiger partial charge is 0.378 e. The molecule has 0 spiro atoms. The topological polar surface area (TPSA) is 44.4 Å². The van der Waals surface area contributed by atoms with Crippen LogP contribution in [0.2, 0.25) is 0 Å². The summed E-state index contributed by atoms with van der Waals surface area (Å²) in [6.45, 7) is 1.89. The number of carbonyl (C=O) groups is 1. The van der Waals surface area contributed by atoms with Crippen molar-refractivity contribution in [2.24, 2.45) is 0 Å². The molecule has 0 aliphatic heterocycles. The number of hydrogen-bond donors (Lipinski definition) is 2. The zero-order valence-corrected chi connectivity index (χ0v) is 14.6. The van der Waals surface area contributed by atoms with Crippen LogP contribution >= 0.6 is 0 Å². The molecule has 24 heavy (non-hydrogen) atoms. The lowest BCUT2D eigenvalue weighted by atomic mass is 10.1. The van der Waals surface area contributed by atoms with Crippen molar-refractivity contribution in [3.05, 3.63) is 53.6 Å². The second kappa shape index (κ2) is 6.95. The van der Waals surface area contributed by atoms with Gasteiger partial charge in [0.1, 0.15) is 6.04 Å². The Bertz CT molecular complexity index is 722. The van der Waals surface area contributed by atoms with Crippen molar-refractivity contribution in [1.29, 1.82) is 0 Å². The third kappa shape index (κ3) is 3.70. The van der Waals surface area contributed by atoms with E-state index in [1.54, 1.807) is 0 Å². The molecule has 1 amide bonds. The lowest BCUT2D eigenvalue weighted by Crippen LogP contribution is -2.31. The van der Waals surface area contributed by atoms with Crippen LogP contribution in [0.5, 0.6) is 0 Å². The Morgan fingerprint density at radius 2 is 1.67 bits per heavy atom. The molecule has 2 N–H and O–H groups in total. The van der Waals surface area contributed by atoms with Gasteiger partial charge in [-0.15, -0.1) is 0 Å². The van der Waals surface area contributed by atoms with Gasteiger partial charge in [-0.2, -0.15) is 0 Å². The van der Waals surface area contributed by atoms with Gasteiger partial charge >= 0.3 is 0 Å². The van der Waals surface area contributed by atoms with Gasteiger partial charge in [0.05, 0.1) is 0 Å². The minimum absolute atomic E-state index is 0.0342. The smallest absolute Gasteiger partial charge is 0.246 e. The van der Waals surface area contributed by atoms with Gasteiger partial charge in [0.2, 0.25) is 5.91 Å². The van der Waals surface area contributed by atoms with Crippen LogP contribution in [0.4, 0.5) is 17.1 Å². The monoisotopic (exact) mass is 323 g/mol. The van der Waals surface area contributed by atoms with Crippen molar-refractivity contribution in [3.8, 4) is 0 Å². The Morgan fingerprint density at radius 3 is 2.38 bits per heavy atom. The molecule has 1 aliphatic carbocycles. The minimum atomic E-state index is -0.294. The lowest BCUT2D eigenvalue weighted by Gasteiger charge is -2.17. The Balaban J connectivity index is 1.60. The molecule has 0 radical (unpaired) electrons. The van der Waals surface area contributed by atoms with Crippen LogP contribution < -0.4 is 15.5 Å². The zero-order chi connectivity index (χ0) is 17.1. The molecule has 126 valence electrons. The van der Waals surface area contributed by atoms with Gasteiger partial charge in [-0.25, -0.2) is 0 Å². The van der Waals surface area contributed by atoms with Crippen molar-refractivity contribution >= 4 is 23.0 Å². The first-order valence-corrected chi connectivity index (χ1v) is 8.49. The molecule has 1 aliphatic rings. The summed E-state index contributed by atoms with van der Waals surface area (Å²) in [5.41, 5.74) is 5.79. The molecule has 2 aromatic carbocycles. The molecule has 3 rings (SSSR count). The summed E-state index contributed by atoms with van der Waals surface area (Å²) < 4.78 is 0. The second-order valence-electron chi connectivity index (χ2n) is 6.63. The normalized spacial score (nSPS) is 14.0. The molecule has 0 aromatic heterocycles. The summed E-state index contributed by atoms with van der Waals surface area (Å²) in [5.74, 6) is -0.0342. The van der Waals surface area contributed by atoms with Gasteiger partial charge in [0.25, 0.3) is 0 Å². The highest BCUT2D eigenvalue weighted by molar-refractivity contribution is 5.96. The van der Waals surface area contributed by atoms with Crippen LogP contribution in [0.15, 0.2) is 42.5 Å². The number of hydrogen-bond acceptors (Lipinski definition) is 3. The van der Waals surface area contributed by atoms with Crippen molar-refractivity contribution in [2.75, 3.05) is 29.6 Å².